The molecule has 3 aromatic rings. The van der Waals surface area contributed by atoms with Gasteiger partial charge in [0.05, 0.1) is 0 Å². The van der Waals surface area contributed by atoms with Crippen LogP contribution in [0.1, 0.15) is 10.5 Å². The number of rotatable bonds is 2. The molecule has 0 fully saturated rings. The Morgan fingerprint density at radius 3 is 3.00 bits per heavy atom. The van der Waals surface area contributed by atoms with Crippen LogP contribution in [-0.4, -0.2) is 20.4 Å². The average molecular weight is 258 g/mol. The molecule has 0 aliphatic rings. The Morgan fingerprint density at radius 1 is 1.44 bits per heavy atom. The third-order valence-corrected chi connectivity index (χ3v) is 3.63. The number of primary amides is 1. The molecule has 90 valence electrons. The number of pyridine rings is 1. The van der Waals surface area contributed by atoms with Crippen molar-refractivity contribution < 1.29 is 4.79 Å². The number of aromatic nitrogens is 3. The smallest absolute Gasteiger partial charge is 0.268 e. The van der Waals surface area contributed by atoms with Gasteiger partial charge in [0.1, 0.15) is 16.3 Å². The quantitative estimate of drug-likeness (QED) is 0.761. The van der Waals surface area contributed by atoms with Crippen LogP contribution in [0.25, 0.3) is 21.6 Å². The number of carbonyl (C=O) groups is 1. The number of nitrogens with zero attached hydrogens (tertiary/aromatic N) is 3. The second-order valence-corrected chi connectivity index (χ2v) is 4.78. The van der Waals surface area contributed by atoms with E-state index in [1.165, 1.54) is 11.3 Å². The molecule has 1 amide bonds. The Labute approximate surface area is 107 Å². The first-order chi connectivity index (χ1) is 8.66. The van der Waals surface area contributed by atoms with Crippen molar-refractivity contribution >= 4 is 28.3 Å². The molecule has 0 saturated heterocycles. The summed E-state index contributed by atoms with van der Waals surface area (Å²) in [4.78, 5) is 19.6. The standard InChI is InChI=1S/C12H10N4OS/c1-16-5-3-7-8(2-4-14-11(7)16)12-15-9(6-18-12)10(13)17/h2-6H,1H3,(H2,13,17). The van der Waals surface area contributed by atoms with Crippen LogP contribution in [0, 0.1) is 0 Å². The zero-order valence-electron chi connectivity index (χ0n) is 9.62. The van der Waals surface area contributed by atoms with Gasteiger partial charge in [-0.2, -0.15) is 0 Å². The maximum atomic E-state index is 11.1. The van der Waals surface area contributed by atoms with Crippen LogP contribution in [-0.2, 0) is 7.05 Å². The fourth-order valence-corrected chi connectivity index (χ4v) is 2.71. The van der Waals surface area contributed by atoms with E-state index >= 15 is 0 Å². The Kier molecular flexibility index (Phi) is 2.38. The zero-order valence-corrected chi connectivity index (χ0v) is 10.4. The molecular weight excluding hydrogens is 248 g/mol. The summed E-state index contributed by atoms with van der Waals surface area (Å²) < 4.78 is 1.95. The van der Waals surface area contributed by atoms with E-state index in [-0.39, 0.29) is 0 Å². The first-order valence-electron chi connectivity index (χ1n) is 5.32. The topological polar surface area (TPSA) is 73.8 Å². The predicted octanol–water partition coefficient (Wildman–Crippen LogP) is 1.80. The second-order valence-electron chi connectivity index (χ2n) is 3.92. The lowest BCUT2D eigenvalue weighted by atomic mass is 10.2. The molecule has 0 unspecified atom stereocenters. The Morgan fingerprint density at radius 2 is 2.28 bits per heavy atom. The molecule has 0 aliphatic carbocycles. The molecule has 0 saturated carbocycles. The van der Waals surface area contributed by atoms with Crippen LogP contribution in [0.5, 0.6) is 0 Å². The molecule has 0 aliphatic heterocycles. The van der Waals surface area contributed by atoms with Crippen LogP contribution in [0.2, 0.25) is 0 Å². The largest absolute Gasteiger partial charge is 0.364 e. The van der Waals surface area contributed by atoms with Gasteiger partial charge in [0.2, 0.25) is 0 Å². The highest BCUT2D eigenvalue weighted by Crippen LogP contribution is 2.30. The number of amides is 1. The van der Waals surface area contributed by atoms with Crippen LogP contribution >= 0.6 is 11.3 Å². The van der Waals surface area contributed by atoms with Crippen molar-refractivity contribution in [1.29, 1.82) is 0 Å². The summed E-state index contributed by atoms with van der Waals surface area (Å²) >= 11 is 1.41. The third kappa shape index (κ3) is 1.58. The van der Waals surface area contributed by atoms with Gasteiger partial charge in [-0.3, -0.25) is 4.79 Å². The lowest BCUT2D eigenvalue weighted by Crippen LogP contribution is -2.10. The molecule has 0 aromatic carbocycles. The summed E-state index contributed by atoms with van der Waals surface area (Å²) in [5.74, 6) is -0.504. The van der Waals surface area contributed by atoms with Crippen LogP contribution in [0.3, 0.4) is 0 Å². The number of fused-ring (bicyclic) bond motifs is 1. The zero-order chi connectivity index (χ0) is 12.7. The minimum Gasteiger partial charge on any atom is -0.364 e. The Hall–Kier alpha value is -2.21. The average Bonchev–Trinajstić information content (AvgIpc) is 2.97. The lowest BCUT2D eigenvalue weighted by Gasteiger charge is -1.99. The van der Waals surface area contributed by atoms with Crippen molar-refractivity contribution in [2.24, 2.45) is 12.8 Å². The number of hydrogen-bond donors (Lipinski definition) is 1. The van der Waals surface area contributed by atoms with Crippen molar-refractivity contribution in [1.82, 2.24) is 14.5 Å². The molecule has 3 aromatic heterocycles. The monoisotopic (exact) mass is 258 g/mol. The summed E-state index contributed by atoms with van der Waals surface area (Å²) in [6, 6.07) is 3.88. The van der Waals surface area contributed by atoms with E-state index in [1.807, 2.05) is 29.9 Å². The van der Waals surface area contributed by atoms with E-state index < -0.39 is 5.91 Å². The number of hydrogen-bond acceptors (Lipinski definition) is 4. The minimum atomic E-state index is -0.504. The van der Waals surface area contributed by atoms with Crippen molar-refractivity contribution in [3.63, 3.8) is 0 Å². The second kappa shape index (κ2) is 3.92. The normalized spacial score (nSPS) is 10.9. The van der Waals surface area contributed by atoms with Gasteiger partial charge in [-0.05, 0) is 12.1 Å². The molecule has 6 heteroatoms. The number of nitrogens with two attached hydrogens (primary N) is 1. The van der Waals surface area contributed by atoms with Gasteiger partial charge in [0.25, 0.3) is 5.91 Å². The number of aryl methyl sites for hydroxylation is 1. The SMILES string of the molecule is Cn1ccc2c(-c3nc(C(N)=O)cs3)ccnc21. The van der Waals surface area contributed by atoms with Crippen molar-refractivity contribution in [3.8, 4) is 10.6 Å². The predicted molar refractivity (Wildman–Crippen MR) is 70.3 cm³/mol. The Bertz CT molecular complexity index is 743. The number of thiazole rings is 1. The summed E-state index contributed by atoms with van der Waals surface area (Å²) in [6.45, 7) is 0. The lowest BCUT2D eigenvalue weighted by molar-refractivity contribution is 0.0996. The van der Waals surface area contributed by atoms with Gasteiger partial charge >= 0.3 is 0 Å². The number of carbonyl (C=O) groups excluding carboxylic acids is 1. The summed E-state index contributed by atoms with van der Waals surface area (Å²) in [7, 11) is 1.94. The molecule has 18 heavy (non-hydrogen) atoms. The third-order valence-electron chi connectivity index (χ3n) is 2.76. The highest BCUT2D eigenvalue weighted by molar-refractivity contribution is 7.13. The first-order valence-corrected chi connectivity index (χ1v) is 6.20. The van der Waals surface area contributed by atoms with Gasteiger partial charge in [-0.1, -0.05) is 0 Å². The van der Waals surface area contributed by atoms with E-state index in [2.05, 4.69) is 9.97 Å². The highest BCUT2D eigenvalue weighted by atomic mass is 32.1. The molecular formula is C12H10N4OS. The van der Waals surface area contributed by atoms with Gasteiger partial charge < -0.3 is 10.3 Å². The maximum Gasteiger partial charge on any atom is 0.268 e. The Balaban J connectivity index is 2.21. The molecule has 3 rings (SSSR count). The molecule has 2 N–H and O–H groups in total. The van der Waals surface area contributed by atoms with Crippen molar-refractivity contribution in [2.45, 2.75) is 0 Å². The maximum absolute atomic E-state index is 11.1. The van der Waals surface area contributed by atoms with Crippen molar-refractivity contribution in [2.75, 3.05) is 0 Å². The van der Waals surface area contributed by atoms with E-state index in [1.54, 1.807) is 11.6 Å². The van der Waals surface area contributed by atoms with Gasteiger partial charge in [-0.25, -0.2) is 9.97 Å². The molecule has 0 spiro atoms. The fourth-order valence-electron chi connectivity index (χ4n) is 1.86. The molecule has 0 atom stereocenters. The molecule has 3 heterocycles. The van der Waals surface area contributed by atoms with Crippen molar-refractivity contribution in [3.05, 3.63) is 35.6 Å². The van der Waals surface area contributed by atoms with E-state index in [4.69, 9.17) is 5.73 Å². The molecule has 0 bridgehead atoms. The van der Waals surface area contributed by atoms with E-state index in [9.17, 15) is 4.79 Å². The van der Waals surface area contributed by atoms with Crippen LogP contribution < -0.4 is 5.73 Å². The first kappa shape index (κ1) is 10.9. The summed E-state index contributed by atoms with van der Waals surface area (Å²) in [5, 5.41) is 3.47. The summed E-state index contributed by atoms with van der Waals surface area (Å²) in [5.41, 5.74) is 7.37. The minimum absolute atomic E-state index is 0.302. The van der Waals surface area contributed by atoms with E-state index in [0.29, 0.717) is 5.69 Å². The van der Waals surface area contributed by atoms with Gasteiger partial charge in [0.15, 0.2) is 0 Å². The van der Waals surface area contributed by atoms with Crippen LogP contribution in [0.15, 0.2) is 29.9 Å². The molecule has 0 radical (unpaired) electrons. The van der Waals surface area contributed by atoms with Gasteiger partial charge in [-0.15, -0.1) is 11.3 Å². The van der Waals surface area contributed by atoms with Crippen LogP contribution in [0.4, 0.5) is 0 Å². The molecule has 5 nitrogen and oxygen atoms in total. The van der Waals surface area contributed by atoms with Gasteiger partial charge in [0, 0.05) is 35.8 Å². The van der Waals surface area contributed by atoms with E-state index in [0.717, 1.165) is 21.6 Å². The summed E-state index contributed by atoms with van der Waals surface area (Å²) in [6.07, 6.45) is 3.69. The highest BCUT2D eigenvalue weighted by Gasteiger charge is 2.12. The fraction of sp³-hybridized carbons (Fsp3) is 0.0833.